The normalized spacial score (nSPS) is 21.4. The molecular weight excluding hydrogens is 384 g/mol. The lowest BCUT2D eigenvalue weighted by Crippen LogP contribution is -2.45. The van der Waals surface area contributed by atoms with Crippen molar-refractivity contribution in [2.45, 2.75) is 39.2 Å². The van der Waals surface area contributed by atoms with E-state index in [0.29, 0.717) is 18.0 Å². The van der Waals surface area contributed by atoms with Crippen molar-refractivity contribution in [3.8, 4) is 0 Å². The van der Waals surface area contributed by atoms with Crippen LogP contribution in [-0.4, -0.2) is 58.2 Å². The van der Waals surface area contributed by atoms with Crippen molar-refractivity contribution in [1.82, 2.24) is 19.6 Å². The van der Waals surface area contributed by atoms with Gasteiger partial charge < -0.3 is 9.80 Å². The van der Waals surface area contributed by atoms with Gasteiger partial charge in [-0.25, -0.2) is 0 Å². The van der Waals surface area contributed by atoms with E-state index >= 15 is 0 Å². The largest absolute Gasteiger partial charge is 0.338 e. The number of halogens is 1. The highest BCUT2D eigenvalue weighted by Crippen LogP contribution is 2.23. The van der Waals surface area contributed by atoms with E-state index in [9.17, 15) is 4.79 Å². The Morgan fingerprint density at radius 3 is 2.76 bits per heavy atom. The van der Waals surface area contributed by atoms with Crippen molar-refractivity contribution in [2.75, 3.05) is 32.7 Å². The molecule has 2 saturated heterocycles. The Balaban J connectivity index is 1.34. The van der Waals surface area contributed by atoms with Crippen LogP contribution in [-0.2, 0) is 6.54 Å². The number of carbonyl (C=O) groups is 1. The van der Waals surface area contributed by atoms with Crippen LogP contribution in [0, 0.1) is 11.8 Å². The predicted octanol–water partition coefficient (Wildman–Crippen LogP) is 4.17. The van der Waals surface area contributed by atoms with Gasteiger partial charge in [0.25, 0.3) is 5.91 Å². The molecule has 29 heavy (non-hydrogen) atoms. The Kier molecular flexibility index (Phi) is 6.56. The second-order valence-electron chi connectivity index (χ2n) is 8.76. The van der Waals surface area contributed by atoms with Crippen LogP contribution < -0.4 is 0 Å². The Morgan fingerprint density at radius 1 is 1.17 bits per heavy atom. The lowest BCUT2D eigenvalue weighted by Gasteiger charge is -2.37. The number of hydrogen-bond acceptors (Lipinski definition) is 3. The summed E-state index contributed by atoms with van der Waals surface area (Å²) in [6, 6.07) is 7.75. The highest BCUT2D eigenvalue weighted by atomic mass is 35.5. The molecule has 0 bridgehead atoms. The van der Waals surface area contributed by atoms with E-state index in [0.717, 1.165) is 42.6 Å². The molecule has 156 valence electrons. The molecule has 2 aliphatic rings. The van der Waals surface area contributed by atoms with Crippen molar-refractivity contribution in [2.24, 2.45) is 11.8 Å². The number of likely N-dealkylation sites (tertiary alicyclic amines) is 2. The molecule has 0 spiro atoms. The fraction of sp³-hybridized carbons (Fsp3) is 0.565. The summed E-state index contributed by atoms with van der Waals surface area (Å²) in [5.41, 5.74) is 1.68. The van der Waals surface area contributed by atoms with Gasteiger partial charge in [0.1, 0.15) is 0 Å². The topological polar surface area (TPSA) is 41.4 Å². The number of amides is 1. The summed E-state index contributed by atoms with van der Waals surface area (Å²) in [5, 5.41) is 5.11. The quantitative estimate of drug-likeness (QED) is 0.737. The van der Waals surface area contributed by atoms with E-state index in [2.05, 4.69) is 16.9 Å². The van der Waals surface area contributed by atoms with E-state index in [-0.39, 0.29) is 5.91 Å². The average Bonchev–Trinajstić information content (AvgIpc) is 3.20. The third-order valence-electron chi connectivity index (χ3n) is 6.37. The highest BCUT2D eigenvalue weighted by molar-refractivity contribution is 6.31. The van der Waals surface area contributed by atoms with Crippen LogP contribution in [0.4, 0.5) is 0 Å². The monoisotopic (exact) mass is 414 g/mol. The van der Waals surface area contributed by atoms with Crippen LogP contribution in [0.2, 0.25) is 5.02 Å². The molecule has 0 N–H and O–H groups in total. The minimum atomic E-state index is 0.104. The summed E-state index contributed by atoms with van der Waals surface area (Å²) in [6.45, 7) is 8.18. The van der Waals surface area contributed by atoms with E-state index in [1.807, 2.05) is 35.4 Å². The van der Waals surface area contributed by atoms with Crippen molar-refractivity contribution in [3.63, 3.8) is 0 Å². The molecule has 2 fully saturated rings. The molecule has 2 aromatic rings. The van der Waals surface area contributed by atoms with Gasteiger partial charge in [-0.3, -0.25) is 9.48 Å². The second kappa shape index (κ2) is 9.31. The zero-order valence-electron chi connectivity index (χ0n) is 17.3. The van der Waals surface area contributed by atoms with Crippen LogP contribution in [0.25, 0.3) is 0 Å². The van der Waals surface area contributed by atoms with Crippen molar-refractivity contribution in [1.29, 1.82) is 0 Å². The molecule has 0 radical (unpaired) electrons. The van der Waals surface area contributed by atoms with Crippen LogP contribution in [0.5, 0.6) is 0 Å². The lowest BCUT2D eigenvalue weighted by atomic mass is 9.94. The van der Waals surface area contributed by atoms with Crippen molar-refractivity contribution < 1.29 is 4.79 Å². The molecule has 1 atom stereocenters. The fourth-order valence-electron chi connectivity index (χ4n) is 4.55. The molecule has 1 aromatic heterocycles. The van der Waals surface area contributed by atoms with E-state index < -0.39 is 0 Å². The molecule has 6 heteroatoms. The lowest BCUT2D eigenvalue weighted by molar-refractivity contribution is 0.0622. The van der Waals surface area contributed by atoms with Gasteiger partial charge in [0, 0.05) is 30.9 Å². The summed E-state index contributed by atoms with van der Waals surface area (Å²) in [4.78, 5) is 17.7. The van der Waals surface area contributed by atoms with Gasteiger partial charge in [-0.05, 0) is 62.2 Å². The number of rotatable bonds is 5. The Morgan fingerprint density at radius 2 is 1.97 bits per heavy atom. The SMILES string of the molecule is CC1CCN(CC2CCCN(C(=O)c3cnn(Cc4ccccc4Cl)c3)C2)CC1. The molecule has 0 aliphatic carbocycles. The molecule has 2 aliphatic heterocycles. The first kappa shape index (κ1) is 20.4. The van der Waals surface area contributed by atoms with Gasteiger partial charge in [-0.15, -0.1) is 0 Å². The van der Waals surface area contributed by atoms with Crippen LogP contribution in [0.3, 0.4) is 0 Å². The van der Waals surface area contributed by atoms with Gasteiger partial charge >= 0.3 is 0 Å². The maximum Gasteiger partial charge on any atom is 0.257 e. The zero-order valence-corrected chi connectivity index (χ0v) is 18.0. The molecule has 4 rings (SSSR count). The average molecular weight is 415 g/mol. The standard InChI is InChI=1S/C23H31ClN4O/c1-18-8-11-26(12-9-18)14-19-5-4-10-27(15-19)23(29)21-13-25-28(17-21)16-20-6-2-3-7-22(20)24/h2-3,6-7,13,17-19H,4-5,8-12,14-16H2,1H3. The van der Waals surface area contributed by atoms with Crippen LogP contribution in [0.1, 0.15) is 48.5 Å². The number of benzene rings is 1. The number of hydrogen-bond donors (Lipinski definition) is 0. The van der Waals surface area contributed by atoms with Gasteiger partial charge in [0.2, 0.25) is 0 Å². The first-order valence-electron chi connectivity index (χ1n) is 10.9. The summed E-state index contributed by atoms with van der Waals surface area (Å²) in [5.74, 6) is 1.55. The summed E-state index contributed by atoms with van der Waals surface area (Å²) < 4.78 is 1.80. The molecular formula is C23H31ClN4O. The third-order valence-corrected chi connectivity index (χ3v) is 6.74. The Hall–Kier alpha value is -1.85. The number of aromatic nitrogens is 2. The molecule has 1 unspecified atom stereocenters. The number of nitrogens with zero attached hydrogens (tertiary/aromatic N) is 4. The van der Waals surface area contributed by atoms with E-state index in [1.165, 1.54) is 32.4 Å². The number of piperidine rings is 2. The van der Waals surface area contributed by atoms with E-state index in [1.54, 1.807) is 10.9 Å². The third kappa shape index (κ3) is 5.20. The molecule has 1 aromatic carbocycles. The summed E-state index contributed by atoms with van der Waals surface area (Å²) >= 11 is 6.25. The molecule has 0 saturated carbocycles. The minimum Gasteiger partial charge on any atom is -0.338 e. The molecule has 3 heterocycles. The van der Waals surface area contributed by atoms with Gasteiger partial charge in [0.05, 0.1) is 18.3 Å². The smallest absolute Gasteiger partial charge is 0.257 e. The Bertz CT molecular complexity index is 828. The van der Waals surface area contributed by atoms with Gasteiger partial charge in [0.15, 0.2) is 0 Å². The van der Waals surface area contributed by atoms with Gasteiger partial charge in [-0.2, -0.15) is 5.10 Å². The minimum absolute atomic E-state index is 0.104. The highest BCUT2D eigenvalue weighted by Gasteiger charge is 2.27. The maximum atomic E-state index is 13.0. The summed E-state index contributed by atoms with van der Waals surface area (Å²) in [7, 11) is 0. The predicted molar refractivity (Wildman–Crippen MR) is 116 cm³/mol. The van der Waals surface area contributed by atoms with Gasteiger partial charge in [-0.1, -0.05) is 36.7 Å². The first-order valence-corrected chi connectivity index (χ1v) is 11.2. The zero-order chi connectivity index (χ0) is 20.2. The summed E-state index contributed by atoms with van der Waals surface area (Å²) in [6.07, 6.45) is 8.46. The molecule has 1 amide bonds. The van der Waals surface area contributed by atoms with E-state index in [4.69, 9.17) is 11.6 Å². The van der Waals surface area contributed by atoms with Crippen molar-refractivity contribution in [3.05, 3.63) is 52.8 Å². The van der Waals surface area contributed by atoms with Crippen LogP contribution >= 0.6 is 11.6 Å². The number of carbonyl (C=O) groups excluding carboxylic acids is 1. The first-order chi connectivity index (χ1) is 14.1. The second-order valence-corrected chi connectivity index (χ2v) is 9.17. The maximum absolute atomic E-state index is 13.0. The fourth-order valence-corrected chi connectivity index (χ4v) is 4.75. The Labute approximate surface area is 178 Å². The molecule has 5 nitrogen and oxygen atoms in total. The van der Waals surface area contributed by atoms with Crippen LogP contribution in [0.15, 0.2) is 36.7 Å². The van der Waals surface area contributed by atoms with Crippen molar-refractivity contribution >= 4 is 17.5 Å².